The molecule has 0 radical (unpaired) electrons. The van der Waals surface area contributed by atoms with Crippen LogP contribution in [-0.2, 0) is 29.6 Å². The lowest BCUT2D eigenvalue weighted by atomic mass is 9.89. The largest absolute Gasteiger partial charge is 0.371 e. The van der Waals surface area contributed by atoms with Gasteiger partial charge in [0, 0.05) is 37.9 Å². The second-order valence-electron chi connectivity index (χ2n) is 13.0. The van der Waals surface area contributed by atoms with Gasteiger partial charge in [0.2, 0.25) is 26.0 Å². The highest BCUT2D eigenvalue weighted by molar-refractivity contribution is 7.89. The summed E-state index contributed by atoms with van der Waals surface area (Å²) < 4.78 is 63.4. The molecule has 1 spiro atoms. The number of carbonyl (C=O) groups is 1. The number of benzene rings is 2. The van der Waals surface area contributed by atoms with Gasteiger partial charge in [-0.2, -0.15) is 8.61 Å². The Bertz CT molecular complexity index is 1510. The average Bonchev–Trinajstić information content (AvgIpc) is 2.99. The van der Waals surface area contributed by atoms with Gasteiger partial charge in [0.15, 0.2) is 0 Å². The SMILES string of the molecule is Cc1ccc(S(=O)(=O)N2C[C@]3(CCCN(CC(=O)Nc4ccc(S(=O)(=O)N5CCCCC5)cc4)C3)OC[C@@H]2CC(C)C)cc1. The Morgan fingerprint density at radius 1 is 0.886 bits per heavy atom. The van der Waals surface area contributed by atoms with Crippen molar-refractivity contribution in [2.75, 3.05) is 51.2 Å². The van der Waals surface area contributed by atoms with E-state index < -0.39 is 25.6 Å². The van der Waals surface area contributed by atoms with Gasteiger partial charge in [-0.3, -0.25) is 9.69 Å². The number of aryl methyl sites for hydroxylation is 1. The first-order valence-corrected chi connectivity index (χ1v) is 18.6. The monoisotopic (exact) mass is 646 g/mol. The van der Waals surface area contributed by atoms with E-state index in [1.165, 1.54) is 4.31 Å². The van der Waals surface area contributed by atoms with Crippen LogP contribution in [0, 0.1) is 12.8 Å². The molecule has 3 fully saturated rings. The number of piperidine rings is 2. The van der Waals surface area contributed by atoms with E-state index in [1.54, 1.807) is 40.7 Å². The third-order valence-electron chi connectivity index (χ3n) is 8.88. The van der Waals surface area contributed by atoms with Crippen LogP contribution in [0.4, 0.5) is 5.69 Å². The Hall–Kier alpha value is -2.35. The molecule has 3 aliphatic heterocycles. The molecule has 0 bridgehead atoms. The standard InChI is InChI=1S/C32H46N4O6S2/c1-25(2)20-28-22-42-32(24-36(28)44(40,41)30-12-8-26(3)9-13-30)16-7-17-34(23-32)21-31(37)33-27-10-14-29(15-11-27)43(38,39)35-18-5-4-6-19-35/h8-15,25,28H,4-7,16-24H2,1-3H3,(H,33,37)/t28-,32+/m0/s1. The van der Waals surface area contributed by atoms with Crippen molar-refractivity contribution in [2.45, 2.75) is 80.7 Å². The molecule has 3 heterocycles. The number of anilines is 1. The maximum absolute atomic E-state index is 13.9. The molecular formula is C32H46N4O6S2. The molecule has 0 aliphatic carbocycles. The van der Waals surface area contributed by atoms with Crippen LogP contribution in [0.1, 0.15) is 57.9 Å². The maximum Gasteiger partial charge on any atom is 0.243 e. The quantitative estimate of drug-likeness (QED) is 0.437. The van der Waals surface area contributed by atoms with E-state index >= 15 is 0 Å². The highest BCUT2D eigenvalue weighted by Crippen LogP contribution is 2.35. The van der Waals surface area contributed by atoms with E-state index in [2.05, 4.69) is 19.2 Å². The van der Waals surface area contributed by atoms with Gasteiger partial charge in [0.05, 0.1) is 28.5 Å². The fourth-order valence-electron chi connectivity index (χ4n) is 6.61. The minimum Gasteiger partial charge on any atom is -0.371 e. The normalized spacial score (nSPS) is 24.5. The van der Waals surface area contributed by atoms with Gasteiger partial charge in [-0.25, -0.2) is 16.8 Å². The zero-order chi connectivity index (χ0) is 31.5. The summed E-state index contributed by atoms with van der Waals surface area (Å²) in [6, 6.07) is 13.1. The zero-order valence-corrected chi connectivity index (χ0v) is 27.7. The van der Waals surface area contributed by atoms with Crippen LogP contribution in [0.5, 0.6) is 0 Å². The van der Waals surface area contributed by atoms with Gasteiger partial charge >= 0.3 is 0 Å². The molecule has 1 amide bonds. The highest BCUT2D eigenvalue weighted by Gasteiger charge is 2.47. The molecule has 0 aromatic heterocycles. The first-order chi connectivity index (χ1) is 20.9. The lowest BCUT2D eigenvalue weighted by Gasteiger charge is -2.50. The molecule has 5 rings (SSSR count). The van der Waals surface area contributed by atoms with Crippen LogP contribution >= 0.6 is 0 Å². The van der Waals surface area contributed by atoms with Crippen LogP contribution in [0.3, 0.4) is 0 Å². The summed E-state index contributed by atoms with van der Waals surface area (Å²) in [5.41, 5.74) is 0.828. The number of nitrogens with one attached hydrogen (secondary N) is 1. The Morgan fingerprint density at radius 2 is 1.52 bits per heavy atom. The van der Waals surface area contributed by atoms with Crippen molar-refractivity contribution in [1.29, 1.82) is 0 Å². The van der Waals surface area contributed by atoms with Gasteiger partial charge in [-0.15, -0.1) is 0 Å². The minimum absolute atomic E-state index is 0.124. The summed E-state index contributed by atoms with van der Waals surface area (Å²) in [7, 11) is -7.28. The minimum atomic E-state index is -3.74. The molecule has 10 nitrogen and oxygen atoms in total. The number of carbonyl (C=O) groups excluding carboxylic acids is 1. The number of amides is 1. The Balaban J connectivity index is 1.24. The smallest absolute Gasteiger partial charge is 0.243 e. The predicted molar refractivity (Wildman–Crippen MR) is 170 cm³/mol. The van der Waals surface area contributed by atoms with E-state index in [1.807, 2.05) is 24.0 Å². The Labute approximate surface area is 262 Å². The first kappa shape index (κ1) is 33.0. The summed E-state index contributed by atoms with van der Waals surface area (Å²) in [4.78, 5) is 15.6. The molecular weight excluding hydrogens is 601 g/mol. The highest BCUT2D eigenvalue weighted by atomic mass is 32.2. The summed E-state index contributed by atoms with van der Waals surface area (Å²) in [5, 5.41) is 2.89. The van der Waals surface area contributed by atoms with Gasteiger partial charge in [0.1, 0.15) is 0 Å². The number of hydrogen-bond donors (Lipinski definition) is 1. The van der Waals surface area contributed by atoms with Gasteiger partial charge in [0.25, 0.3) is 0 Å². The summed E-state index contributed by atoms with van der Waals surface area (Å²) in [5.74, 6) is 0.0881. The number of hydrogen-bond acceptors (Lipinski definition) is 7. The van der Waals surface area contributed by atoms with Crippen molar-refractivity contribution >= 4 is 31.6 Å². The van der Waals surface area contributed by atoms with Gasteiger partial charge in [-0.05, 0) is 87.9 Å². The molecule has 44 heavy (non-hydrogen) atoms. The lowest BCUT2D eigenvalue weighted by molar-refractivity contribution is -0.146. The fourth-order valence-corrected chi connectivity index (χ4v) is 9.82. The third kappa shape index (κ3) is 7.54. The topological polar surface area (TPSA) is 116 Å². The molecule has 3 aliphatic rings. The molecule has 2 atom stereocenters. The van der Waals surface area contributed by atoms with Crippen LogP contribution in [0.25, 0.3) is 0 Å². The predicted octanol–water partition coefficient (Wildman–Crippen LogP) is 4.08. The van der Waals surface area contributed by atoms with Crippen molar-refractivity contribution < 1.29 is 26.4 Å². The number of sulfonamides is 2. The van der Waals surface area contributed by atoms with Gasteiger partial charge < -0.3 is 10.1 Å². The molecule has 2 aromatic rings. The number of nitrogens with zero attached hydrogens (tertiary/aromatic N) is 3. The number of ether oxygens (including phenoxy) is 1. The summed E-state index contributed by atoms with van der Waals surface area (Å²) in [6.07, 6.45) is 4.98. The van der Waals surface area contributed by atoms with E-state index in [0.717, 1.165) is 31.2 Å². The number of likely N-dealkylation sites (tertiary alicyclic amines) is 1. The molecule has 3 saturated heterocycles. The van der Waals surface area contributed by atoms with Crippen LogP contribution < -0.4 is 5.32 Å². The van der Waals surface area contributed by atoms with Crippen molar-refractivity contribution in [3.8, 4) is 0 Å². The van der Waals surface area contributed by atoms with E-state index in [4.69, 9.17) is 4.74 Å². The van der Waals surface area contributed by atoms with Gasteiger partial charge in [-0.1, -0.05) is 38.0 Å². The van der Waals surface area contributed by atoms with E-state index in [9.17, 15) is 21.6 Å². The third-order valence-corrected chi connectivity index (χ3v) is 12.7. The molecule has 242 valence electrons. The Kier molecular flexibility index (Phi) is 10.2. The van der Waals surface area contributed by atoms with E-state index in [0.29, 0.717) is 57.2 Å². The van der Waals surface area contributed by atoms with Crippen molar-refractivity contribution in [3.05, 3.63) is 54.1 Å². The maximum atomic E-state index is 13.9. The molecule has 1 N–H and O–H groups in total. The first-order valence-electron chi connectivity index (χ1n) is 15.7. The van der Waals surface area contributed by atoms with Crippen LogP contribution in [0.2, 0.25) is 0 Å². The lowest BCUT2D eigenvalue weighted by Crippen LogP contribution is -2.64. The van der Waals surface area contributed by atoms with Crippen molar-refractivity contribution in [3.63, 3.8) is 0 Å². The molecule has 0 unspecified atom stereocenters. The second kappa shape index (κ2) is 13.6. The summed E-state index contributed by atoms with van der Waals surface area (Å²) in [6.45, 7) is 9.01. The van der Waals surface area contributed by atoms with E-state index in [-0.39, 0.29) is 34.8 Å². The van der Waals surface area contributed by atoms with Crippen molar-refractivity contribution in [2.24, 2.45) is 5.92 Å². The summed E-state index contributed by atoms with van der Waals surface area (Å²) >= 11 is 0. The molecule has 2 aromatic carbocycles. The van der Waals surface area contributed by atoms with Crippen LogP contribution in [0.15, 0.2) is 58.3 Å². The average molecular weight is 647 g/mol. The van der Waals surface area contributed by atoms with Crippen molar-refractivity contribution in [1.82, 2.24) is 13.5 Å². The molecule has 12 heteroatoms. The molecule has 0 saturated carbocycles. The zero-order valence-electron chi connectivity index (χ0n) is 26.1. The number of morpholine rings is 1. The van der Waals surface area contributed by atoms with Crippen LogP contribution in [-0.4, -0.2) is 93.8 Å². The fraction of sp³-hybridized carbons (Fsp3) is 0.594. The second-order valence-corrected chi connectivity index (χ2v) is 16.8. The number of rotatable bonds is 9. The Morgan fingerprint density at radius 3 is 2.18 bits per heavy atom.